The number of carbonyl (C=O) groups is 1. The second-order valence-electron chi connectivity index (χ2n) is 4.37. The van der Waals surface area contributed by atoms with Gasteiger partial charge in [-0.05, 0) is 38.0 Å². The van der Waals surface area contributed by atoms with Crippen LogP contribution < -0.4 is 5.32 Å². The van der Waals surface area contributed by atoms with Gasteiger partial charge in [-0.15, -0.1) is 0 Å². The molecule has 17 heavy (non-hydrogen) atoms. The summed E-state index contributed by atoms with van der Waals surface area (Å²) in [5.41, 5.74) is 1.13. The van der Waals surface area contributed by atoms with Gasteiger partial charge in [0, 0.05) is 18.3 Å². The molecule has 4 heteroatoms. The highest BCUT2D eigenvalue weighted by molar-refractivity contribution is 5.88. The number of hydrogen-bond donors (Lipinski definition) is 2. The van der Waals surface area contributed by atoms with Gasteiger partial charge < -0.3 is 15.2 Å². The number of rotatable bonds is 4. The third kappa shape index (κ3) is 2.97. The summed E-state index contributed by atoms with van der Waals surface area (Å²) in [6.45, 7) is 2.88. The predicted octanol–water partition coefficient (Wildman–Crippen LogP) is 2.36. The second-order valence-corrected chi connectivity index (χ2v) is 4.37. The molecule has 2 N–H and O–H groups in total. The molecule has 2 unspecified atom stereocenters. The van der Waals surface area contributed by atoms with E-state index in [0.29, 0.717) is 5.56 Å². The van der Waals surface area contributed by atoms with E-state index in [0.717, 1.165) is 25.1 Å². The smallest absolute Gasteiger partial charge is 0.335 e. The van der Waals surface area contributed by atoms with Gasteiger partial charge in [0.15, 0.2) is 0 Å². The molecule has 1 aromatic rings. The van der Waals surface area contributed by atoms with Crippen LogP contribution in [0, 0.1) is 0 Å². The molecular weight excluding hydrogens is 218 g/mol. The van der Waals surface area contributed by atoms with E-state index in [-0.39, 0.29) is 12.1 Å². The van der Waals surface area contributed by atoms with Crippen molar-refractivity contribution in [2.24, 2.45) is 0 Å². The van der Waals surface area contributed by atoms with Crippen molar-refractivity contribution < 1.29 is 14.6 Å². The third-order valence-electron chi connectivity index (χ3n) is 3.03. The zero-order valence-corrected chi connectivity index (χ0v) is 9.85. The first kappa shape index (κ1) is 11.9. The molecule has 4 nitrogen and oxygen atoms in total. The lowest BCUT2D eigenvalue weighted by molar-refractivity contribution is 0.0697. The van der Waals surface area contributed by atoms with E-state index in [1.165, 1.54) is 0 Å². The molecule has 0 aromatic heterocycles. The van der Waals surface area contributed by atoms with Crippen molar-refractivity contribution in [1.29, 1.82) is 0 Å². The third-order valence-corrected chi connectivity index (χ3v) is 3.03. The SMILES string of the molecule is CC(Nc1cccc(C(=O)O)c1)C1CCCO1. The fraction of sp³-hybridized carbons (Fsp3) is 0.462. The number of aromatic carboxylic acids is 1. The van der Waals surface area contributed by atoms with E-state index in [4.69, 9.17) is 9.84 Å². The molecule has 1 aliphatic heterocycles. The summed E-state index contributed by atoms with van der Waals surface area (Å²) in [7, 11) is 0. The molecule has 1 saturated heterocycles. The van der Waals surface area contributed by atoms with Crippen LogP contribution >= 0.6 is 0 Å². The number of hydrogen-bond acceptors (Lipinski definition) is 3. The minimum Gasteiger partial charge on any atom is -0.478 e. The fourth-order valence-electron chi connectivity index (χ4n) is 2.09. The van der Waals surface area contributed by atoms with Crippen LogP contribution in [0.15, 0.2) is 24.3 Å². The Morgan fingerprint density at radius 3 is 3.06 bits per heavy atom. The van der Waals surface area contributed by atoms with E-state index < -0.39 is 5.97 Å². The van der Waals surface area contributed by atoms with Gasteiger partial charge in [-0.1, -0.05) is 6.07 Å². The molecule has 2 atom stereocenters. The van der Waals surface area contributed by atoms with Crippen LogP contribution in [0.5, 0.6) is 0 Å². The number of nitrogens with one attached hydrogen (secondary N) is 1. The van der Waals surface area contributed by atoms with Gasteiger partial charge in [0.1, 0.15) is 0 Å². The number of ether oxygens (including phenoxy) is 1. The molecule has 0 bridgehead atoms. The number of anilines is 1. The Hall–Kier alpha value is -1.55. The van der Waals surface area contributed by atoms with Crippen molar-refractivity contribution in [3.8, 4) is 0 Å². The highest BCUT2D eigenvalue weighted by Gasteiger charge is 2.22. The fourth-order valence-corrected chi connectivity index (χ4v) is 2.09. The topological polar surface area (TPSA) is 58.6 Å². The maximum Gasteiger partial charge on any atom is 0.335 e. The van der Waals surface area contributed by atoms with Gasteiger partial charge in [0.25, 0.3) is 0 Å². The van der Waals surface area contributed by atoms with Crippen LogP contribution in [0.25, 0.3) is 0 Å². The number of carboxylic acids is 1. The minimum atomic E-state index is -0.904. The molecule has 1 aromatic carbocycles. The van der Waals surface area contributed by atoms with Gasteiger partial charge in [-0.25, -0.2) is 4.79 Å². The molecule has 1 fully saturated rings. The van der Waals surface area contributed by atoms with E-state index in [2.05, 4.69) is 12.2 Å². The summed E-state index contributed by atoms with van der Waals surface area (Å²) >= 11 is 0. The van der Waals surface area contributed by atoms with Crippen LogP contribution in [0.3, 0.4) is 0 Å². The van der Waals surface area contributed by atoms with E-state index in [1.54, 1.807) is 18.2 Å². The molecule has 0 radical (unpaired) electrons. The summed E-state index contributed by atoms with van der Waals surface area (Å²) in [4.78, 5) is 10.8. The Bertz CT molecular complexity index is 399. The van der Waals surface area contributed by atoms with Crippen molar-refractivity contribution >= 4 is 11.7 Å². The van der Waals surface area contributed by atoms with Crippen LogP contribution in [0.1, 0.15) is 30.1 Å². The molecular formula is C13H17NO3. The molecule has 0 spiro atoms. The molecule has 1 aliphatic rings. The Morgan fingerprint density at radius 1 is 1.59 bits per heavy atom. The van der Waals surface area contributed by atoms with Crippen LogP contribution in [0.4, 0.5) is 5.69 Å². The standard InChI is InChI=1S/C13H17NO3/c1-9(12-6-3-7-17-12)14-11-5-2-4-10(8-11)13(15)16/h2,4-5,8-9,12,14H,3,6-7H2,1H3,(H,15,16). The highest BCUT2D eigenvalue weighted by Crippen LogP contribution is 2.19. The minimum absolute atomic E-state index is 0.196. The highest BCUT2D eigenvalue weighted by atomic mass is 16.5. The van der Waals surface area contributed by atoms with E-state index >= 15 is 0 Å². The Balaban J connectivity index is 2.02. The maximum atomic E-state index is 10.8. The van der Waals surface area contributed by atoms with Gasteiger partial charge in [-0.3, -0.25) is 0 Å². The quantitative estimate of drug-likeness (QED) is 0.841. The first-order valence-electron chi connectivity index (χ1n) is 5.88. The first-order chi connectivity index (χ1) is 8.16. The van der Waals surface area contributed by atoms with Crippen molar-refractivity contribution in [2.75, 3.05) is 11.9 Å². The zero-order chi connectivity index (χ0) is 12.3. The Morgan fingerprint density at radius 2 is 2.41 bits per heavy atom. The van der Waals surface area contributed by atoms with Crippen LogP contribution in [-0.2, 0) is 4.74 Å². The van der Waals surface area contributed by atoms with Gasteiger partial charge >= 0.3 is 5.97 Å². The predicted molar refractivity (Wildman–Crippen MR) is 65.5 cm³/mol. The first-order valence-corrected chi connectivity index (χ1v) is 5.88. The van der Waals surface area contributed by atoms with Crippen LogP contribution in [-0.4, -0.2) is 29.8 Å². The Kier molecular flexibility index (Phi) is 3.64. The summed E-state index contributed by atoms with van der Waals surface area (Å²) in [5.74, 6) is -0.904. The summed E-state index contributed by atoms with van der Waals surface area (Å²) in [6.07, 6.45) is 2.39. The molecule has 0 amide bonds. The second kappa shape index (κ2) is 5.19. The summed E-state index contributed by atoms with van der Waals surface area (Å²) < 4.78 is 5.59. The Labute approximate surface area is 101 Å². The summed E-state index contributed by atoms with van der Waals surface area (Å²) in [6, 6.07) is 7.05. The zero-order valence-electron chi connectivity index (χ0n) is 9.85. The molecule has 1 heterocycles. The number of benzene rings is 1. The maximum absolute atomic E-state index is 10.8. The summed E-state index contributed by atoms with van der Waals surface area (Å²) in [5, 5.41) is 12.2. The molecule has 2 rings (SSSR count). The monoisotopic (exact) mass is 235 g/mol. The average molecular weight is 235 g/mol. The lowest BCUT2D eigenvalue weighted by Gasteiger charge is -2.21. The van der Waals surface area contributed by atoms with Crippen molar-refractivity contribution in [2.45, 2.75) is 31.9 Å². The average Bonchev–Trinajstić information content (AvgIpc) is 2.82. The van der Waals surface area contributed by atoms with Crippen molar-refractivity contribution in [3.05, 3.63) is 29.8 Å². The lowest BCUT2D eigenvalue weighted by Crippen LogP contribution is -2.30. The van der Waals surface area contributed by atoms with E-state index in [9.17, 15) is 4.79 Å². The molecule has 0 saturated carbocycles. The van der Waals surface area contributed by atoms with Crippen LogP contribution in [0.2, 0.25) is 0 Å². The van der Waals surface area contributed by atoms with Gasteiger partial charge in [0.2, 0.25) is 0 Å². The molecule has 92 valence electrons. The normalized spacial score (nSPS) is 21.1. The lowest BCUT2D eigenvalue weighted by atomic mass is 10.1. The van der Waals surface area contributed by atoms with Crippen molar-refractivity contribution in [3.63, 3.8) is 0 Å². The van der Waals surface area contributed by atoms with Gasteiger partial charge in [0.05, 0.1) is 11.7 Å². The van der Waals surface area contributed by atoms with Gasteiger partial charge in [-0.2, -0.15) is 0 Å². The number of carboxylic acid groups (broad SMARTS) is 1. The van der Waals surface area contributed by atoms with E-state index in [1.807, 2.05) is 6.07 Å². The van der Waals surface area contributed by atoms with Crippen molar-refractivity contribution in [1.82, 2.24) is 0 Å². The largest absolute Gasteiger partial charge is 0.478 e. The molecule has 0 aliphatic carbocycles.